The van der Waals surface area contributed by atoms with E-state index in [1.54, 1.807) is 41.2 Å². The fourth-order valence-corrected chi connectivity index (χ4v) is 2.42. The zero-order valence-electron chi connectivity index (χ0n) is 11.1. The average Bonchev–Trinajstić information content (AvgIpc) is 2.83. The Morgan fingerprint density at radius 3 is 2.71 bits per heavy atom. The zero-order chi connectivity index (χ0) is 15.0. The van der Waals surface area contributed by atoms with E-state index >= 15 is 0 Å². The first-order chi connectivity index (χ1) is 10.1. The smallest absolute Gasteiger partial charge is 0.340 e. The molecule has 1 aromatic carbocycles. The van der Waals surface area contributed by atoms with Crippen LogP contribution in [-0.2, 0) is 4.52 Å². The molecule has 0 spiro atoms. The normalized spacial score (nSPS) is 10.8. The lowest BCUT2D eigenvalue weighted by atomic mass is 10.2. The number of fused-ring (bicyclic) bond motifs is 1. The van der Waals surface area contributed by atoms with Crippen LogP contribution in [0.4, 0.5) is 0 Å². The van der Waals surface area contributed by atoms with Gasteiger partial charge in [-0.25, -0.2) is 14.5 Å². The van der Waals surface area contributed by atoms with Gasteiger partial charge in [-0.3, -0.25) is 0 Å². The van der Waals surface area contributed by atoms with E-state index in [0.717, 1.165) is 22.3 Å². The van der Waals surface area contributed by atoms with E-state index in [1.807, 2.05) is 16.4 Å². The molecule has 0 radical (unpaired) electrons. The Labute approximate surface area is 128 Å². The second-order valence-electron chi connectivity index (χ2n) is 4.47. The molecule has 3 rings (SSSR count). The molecule has 2 aromatic heterocycles. The molecule has 7 heteroatoms. The number of pyridine rings is 1. The number of carbonyl (C=O) groups is 1. The van der Waals surface area contributed by atoms with Gasteiger partial charge in [-0.15, -0.1) is 0 Å². The Hall–Kier alpha value is -1.97. The van der Waals surface area contributed by atoms with Gasteiger partial charge in [0.05, 0.1) is 31.9 Å². The first kappa shape index (κ1) is 14.0. The van der Waals surface area contributed by atoms with E-state index in [4.69, 9.17) is 11.6 Å². The van der Waals surface area contributed by atoms with E-state index in [1.165, 1.54) is 0 Å². The van der Waals surface area contributed by atoms with Gasteiger partial charge in [-0.05, 0) is 31.2 Å². The lowest BCUT2D eigenvalue weighted by Gasteiger charge is -2.05. The van der Waals surface area contributed by atoms with E-state index in [0.29, 0.717) is 10.7 Å². The van der Waals surface area contributed by atoms with E-state index in [9.17, 15) is 4.79 Å². The van der Waals surface area contributed by atoms with Crippen molar-refractivity contribution in [2.75, 3.05) is 0 Å². The van der Waals surface area contributed by atoms with E-state index < -0.39 is 5.97 Å². The average molecular weight is 320 g/mol. The first-order valence-corrected chi connectivity index (χ1v) is 6.97. The van der Waals surface area contributed by atoms with E-state index in [2.05, 4.69) is 14.6 Å². The van der Waals surface area contributed by atoms with Crippen LogP contribution in [-0.4, -0.2) is 20.7 Å². The van der Waals surface area contributed by atoms with Crippen molar-refractivity contribution < 1.29 is 9.32 Å². The monoisotopic (exact) mass is 319 g/mol. The molecule has 1 unspecified atom stereocenters. The summed E-state index contributed by atoms with van der Waals surface area (Å²) in [5.41, 5.74) is 3.04. The topological polar surface area (TPSA) is 57.0 Å². The highest BCUT2D eigenvalue weighted by molar-refractivity contribution is 7.10. The van der Waals surface area contributed by atoms with Crippen molar-refractivity contribution in [2.45, 2.75) is 6.92 Å². The summed E-state index contributed by atoms with van der Waals surface area (Å²) < 4.78 is 6.37. The van der Waals surface area contributed by atoms with Crippen molar-refractivity contribution in [3.8, 4) is 5.69 Å². The number of rotatable bonds is 2. The van der Waals surface area contributed by atoms with Crippen LogP contribution in [0.3, 0.4) is 0 Å². The Morgan fingerprint density at radius 1 is 1.33 bits per heavy atom. The van der Waals surface area contributed by atoms with Gasteiger partial charge in [0.1, 0.15) is 5.15 Å². The second-order valence-corrected chi connectivity index (χ2v) is 5.10. The molecular weight excluding hydrogens is 309 g/mol. The van der Waals surface area contributed by atoms with Gasteiger partial charge in [-0.1, -0.05) is 11.6 Å². The lowest BCUT2D eigenvalue weighted by Crippen LogP contribution is -2.00. The Balaban J connectivity index is 2.12. The Kier molecular flexibility index (Phi) is 3.62. The number of nitrogens with zero attached hydrogens (tertiary/aromatic N) is 3. The van der Waals surface area contributed by atoms with Crippen LogP contribution in [0.5, 0.6) is 0 Å². The summed E-state index contributed by atoms with van der Waals surface area (Å²) in [6.07, 6.45) is 1.70. The summed E-state index contributed by atoms with van der Waals surface area (Å²) >= 11 is 5.96. The maximum absolute atomic E-state index is 11.4. The quantitative estimate of drug-likeness (QED) is 0.537. The molecular formula is C14H11ClN3O2P. The summed E-state index contributed by atoms with van der Waals surface area (Å²) in [5.74, 6) is -0.403. The lowest BCUT2D eigenvalue weighted by molar-refractivity contribution is 0.0765. The van der Waals surface area contributed by atoms with Crippen LogP contribution in [0.2, 0.25) is 5.15 Å². The minimum atomic E-state index is -0.403. The molecule has 0 aliphatic rings. The predicted octanol–water partition coefficient (Wildman–Crippen LogP) is 3.33. The highest BCUT2D eigenvalue weighted by Crippen LogP contribution is 2.23. The van der Waals surface area contributed by atoms with Crippen LogP contribution in [0, 0.1) is 6.92 Å². The van der Waals surface area contributed by atoms with Gasteiger partial charge < -0.3 is 4.52 Å². The Morgan fingerprint density at radius 2 is 2.05 bits per heavy atom. The largest absolute Gasteiger partial charge is 0.448 e. The van der Waals surface area contributed by atoms with Gasteiger partial charge in [0.25, 0.3) is 0 Å². The summed E-state index contributed by atoms with van der Waals surface area (Å²) in [6.45, 7) is 1.91. The summed E-state index contributed by atoms with van der Waals surface area (Å²) in [5, 5.41) is 5.84. The molecule has 5 nitrogen and oxygen atoms in total. The molecule has 2 heterocycles. The number of aryl methyl sites for hydroxylation is 1. The molecule has 0 aliphatic carbocycles. The SMILES string of the molecule is Cc1nn(-c2ccc(C(=O)OP)cc2)c2cc(Cl)ncc12. The van der Waals surface area contributed by atoms with Crippen LogP contribution < -0.4 is 0 Å². The number of carbonyl (C=O) groups excluding carboxylic acids is 1. The molecule has 21 heavy (non-hydrogen) atoms. The predicted molar refractivity (Wildman–Crippen MR) is 83.7 cm³/mol. The van der Waals surface area contributed by atoms with Gasteiger partial charge in [0.15, 0.2) is 0 Å². The number of hydrogen-bond donors (Lipinski definition) is 0. The summed E-state index contributed by atoms with van der Waals surface area (Å²) in [7, 11) is 1.94. The third kappa shape index (κ3) is 2.50. The van der Waals surface area contributed by atoms with Crippen molar-refractivity contribution in [3.63, 3.8) is 0 Å². The van der Waals surface area contributed by atoms with E-state index in [-0.39, 0.29) is 0 Å². The van der Waals surface area contributed by atoms with Crippen LogP contribution in [0.25, 0.3) is 16.6 Å². The summed E-state index contributed by atoms with van der Waals surface area (Å²) in [4.78, 5) is 15.5. The molecule has 106 valence electrons. The highest BCUT2D eigenvalue weighted by Gasteiger charge is 2.11. The van der Waals surface area contributed by atoms with Crippen LogP contribution >= 0.6 is 21.1 Å². The van der Waals surface area contributed by atoms with Crippen LogP contribution in [0.15, 0.2) is 36.5 Å². The minimum Gasteiger partial charge on any atom is -0.448 e. The van der Waals surface area contributed by atoms with Crippen molar-refractivity contribution in [2.24, 2.45) is 0 Å². The number of benzene rings is 1. The zero-order valence-corrected chi connectivity index (χ0v) is 13.0. The molecule has 0 fully saturated rings. The molecule has 0 N–H and O–H groups in total. The fourth-order valence-electron chi connectivity index (χ4n) is 2.14. The summed E-state index contributed by atoms with van der Waals surface area (Å²) in [6, 6.07) is 8.75. The van der Waals surface area contributed by atoms with Crippen molar-refractivity contribution in [1.29, 1.82) is 0 Å². The molecule has 0 saturated carbocycles. The van der Waals surface area contributed by atoms with Gasteiger partial charge >= 0.3 is 5.97 Å². The van der Waals surface area contributed by atoms with Crippen molar-refractivity contribution in [3.05, 3.63) is 52.9 Å². The van der Waals surface area contributed by atoms with Gasteiger partial charge in [-0.2, -0.15) is 5.10 Å². The molecule has 0 amide bonds. The fraction of sp³-hybridized carbons (Fsp3) is 0.0714. The first-order valence-electron chi connectivity index (χ1n) is 6.12. The molecule has 0 aliphatic heterocycles. The third-order valence-electron chi connectivity index (χ3n) is 3.17. The Bertz CT molecular complexity index is 830. The second kappa shape index (κ2) is 5.43. The van der Waals surface area contributed by atoms with Crippen molar-refractivity contribution >= 4 is 37.9 Å². The molecule has 0 bridgehead atoms. The number of aromatic nitrogens is 3. The molecule has 0 saturated heterocycles. The van der Waals surface area contributed by atoms with Gasteiger partial charge in [0.2, 0.25) is 0 Å². The molecule has 3 aromatic rings. The maximum Gasteiger partial charge on any atom is 0.340 e. The molecule has 1 atom stereocenters. The number of hydrogen-bond acceptors (Lipinski definition) is 4. The van der Waals surface area contributed by atoms with Crippen molar-refractivity contribution in [1.82, 2.24) is 14.8 Å². The minimum absolute atomic E-state index is 0.403. The highest BCUT2D eigenvalue weighted by atomic mass is 35.5. The van der Waals surface area contributed by atoms with Crippen LogP contribution in [0.1, 0.15) is 16.1 Å². The maximum atomic E-state index is 11.4. The standard InChI is InChI=1S/C14H11ClN3O2P/c1-8-11-7-16-13(15)6-12(11)18(17-8)10-4-2-9(3-5-10)14(19)20-21/h2-7H,21H2,1H3. The third-order valence-corrected chi connectivity index (χ3v) is 3.59. The van der Waals surface area contributed by atoms with Gasteiger partial charge in [0, 0.05) is 17.6 Å². The number of halogens is 1.